The lowest BCUT2D eigenvalue weighted by atomic mass is 9.96. The maximum atomic E-state index is 13.7. The fourth-order valence-corrected chi connectivity index (χ4v) is 4.66. The van der Waals surface area contributed by atoms with E-state index in [9.17, 15) is 4.79 Å². The number of nitrogens with one attached hydrogen (secondary N) is 1. The van der Waals surface area contributed by atoms with Crippen LogP contribution in [-0.4, -0.2) is 27.5 Å². The maximum absolute atomic E-state index is 13.7. The summed E-state index contributed by atoms with van der Waals surface area (Å²) in [5, 5.41) is 6.31. The Bertz CT molecular complexity index is 1670. The smallest absolute Gasteiger partial charge is 0.282 e. The molecule has 6 nitrogen and oxygen atoms in total. The van der Waals surface area contributed by atoms with Gasteiger partial charge in [-0.1, -0.05) is 44.2 Å². The van der Waals surface area contributed by atoms with Gasteiger partial charge in [-0.2, -0.15) is 9.78 Å². The highest BCUT2D eigenvalue weighted by atomic mass is 16.5. The quantitative estimate of drug-likeness (QED) is 0.281. The molecule has 0 aliphatic rings. The summed E-state index contributed by atoms with van der Waals surface area (Å²) in [6.07, 6.45) is 1.75. The van der Waals surface area contributed by atoms with Gasteiger partial charge in [0.2, 0.25) is 0 Å². The van der Waals surface area contributed by atoms with E-state index < -0.39 is 0 Å². The molecule has 5 rings (SSSR count). The van der Waals surface area contributed by atoms with Gasteiger partial charge in [-0.15, -0.1) is 0 Å². The fraction of sp³-hybridized carbons (Fsp3) is 0.233. The predicted octanol–water partition coefficient (Wildman–Crippen LogP) is 6.57. The molecular formula is C30H30N4O2. The molecule has 0 spiro atoms. The molecular weight excluding hydrogens is 448 g/mol. The van der Waals surface area contributed by atoms with Gasteiger partial charge < -0.3 is 9.72 Å². The highest BCUT2D eigenvalue weighted by Crippen LogP contribution is 2.34. The zero-order chi connectivity index (χ0) is 25.4. The van der Waals surface area contributed by atoms with E-state index in [0.29, 0.717) is 23.3 Å². The number of hydrogen-bond donors (Lipinski definition) is 1. The Morgan fingerprint density at radius 1 is 1.06 bits per heavy atom. The summed E-state index contributed by atoms with van der Waals surface area (Å²) in [7, 11) is 0. The lowest BCUT2D eigenvalue weighted by molar-refractivity contribution is 0.335. The van der Waals surface area contributed by atoms with Crippen LogP contribution in [0.5, 0.6) is 5.75 Å². The van der Waals surface area contributed by atoms with Crippen molar-refractivity contribution < 1.29 is 4.74 Å². The van der Waals surface area contributed by atoms with Gasteiger partial charge >= 0.3 is 0 Å². The Balaban J connectivity index is 1.77. The Hall–Kier alpha value is -4.19. The molecule has 0 atom stereocenters. The van der Waals surface area contributed by atoms with Gasteiger partial charge in [-0.3, -0.25) is 4.79 Å². The van der Waals surface area contributed by atoms with Crippen molar-refractivity contribution in [2.24, 2.45) is 5.10 Å². The van der Waals surface area contributed by atoms with Crippen LogP contribution < -0.4 is 10.3 Å². The predicted molar refractivity (Wildman–Crippen MR) is 147 cm³/mol. The van der Waals surface area contributed by atoms with Crippen molar-refractivity contribution in [3.63, 3.8) is 0 Å². The molecule has 2 heterocycles. The van der Waals surface area contributed by atoms with Crippen LogP contribution in [0.2, 0.25) is 0 Å². The highest BCUT2D eigenvalue weighted by Gasteiger charge is 2.18. The van der Waals surface area contributed by atoms with Crippen LogP contribution in [0.15, 0.2) is 70.6 Å². The van der Waals surface area contributed by atoms with Gasteiger partial charge in [0.1, 0.15) is 5.75 Å². The van der Waals surface area contributed by atoms with Crippen molar-refractivity contribution in [2.45, 2.75) is 40.5 Å². The third kappa shape index (κ3) is 4.09. The summed E-state index contributed by atoms with van der Waals surface area (Å²) in [5.41, 5.74) is 6.31. The normalized spacial score (nSPS) is 11.8. The first kappa shape index (κ1) is 23.5. The second kappa shape index (κ2) is 9.46. The van der Waals surface area contributed by atoms with Crippen LogP contribution in [-0.2, 0) is 0 Å². The molecule has 0 bridgehead atoms. The van der Waals surface area contributed by atoms with E-state index in [2.05, 4.69) is 24.9 Å². The summed E-state index contributed by atoms with van der Waals surface area (Å²) in [5.74, 6) is 1.61. The topological polar surface area (TPSA) is 72.3 Å². The lowest BCUT2D eigenvalue weighted by Crippen LogP contribution is -2.21. The largest absolute Gasteiger partial charge is 0.494 e. The lowest BCUT2D eigenvalue weighted by Gasteiger charge is -2.18. The minimum absolute atomic E-state index is 0.205. The SMILES string of the molecule is CCOc1cc(C)c(-c2nc3ccccc3c(=O)n2N=Cc2c(C)[nH]c3ccccc23)cc1C(C)C. The van der Waals surface area contributed by atoms with Crippen LogP contribution in [0.4, 0.5) is 0 Å². The minimum Gasteiger partial charge on any atom is -0.494 e. The second-order valence-electron chi connectivity index (χ2n) is 9.32. The van der Waals surface area contributed by atoms with Crippen molar-refractivity contribution in [3.05, 3.63) is 93.4 Å². The van der Waals surface area contributed by atoms with Crippen LogP contribution >= 0.6 is 0 Å². The molecule has 0 aliphatic carbocycles. The average Bonchev–Trinajstić information content (AvgIpc) is 3.18. The van der Waals surface area contributed by atoms with Crippen molar-refractivity contribution in [2.75, 3.05) is 6.61 Å². The maximum Gasteiger partial charge on any atom is 0.282 e. The molecule has 2 aromatic heterocycles. The van der Waals surface area contributed by atoms with E-state index in [1.807, 2.05) is 69.3 Å². The number of fused-ring (bicyclic) bond motifs is 2. The molecule has 6 heteroatoms. The zero-order valence-electron chi connectivity index (χ0n) is 21.3. The number of ether oxygens (including phenoxy) is 1. The molecule has 0 fully saturated rings. The zero-order valence-corrected chi connectivity index (χ0v) is 21.3. The molecule has 0 saturated heterocycles. The van der Waals surface area contributed by atoms with Crippen LogP contribution in [0, 0.1) is 13.8 Å². The molecule has 182 valence electrons. The van der Waals surface area contributed by atoms with Gasteiger partial charge in [0, 0.05) is 27.7 Å². The monoisotopic (exact) mass is 478 g/mol. The molecule has 3 aromatic carbocycles. The van der Waals surface area contributed by atoms with E-state index >= 15 is 0 Å². The number of benzene rings is 3. The fourth-order valence-electron chi connectivity index (χ4n) is 4.66. The van der Waals surface area contributed by atoms with E-state index in [0.717, 1.165) is 44.6 Å². The number of para-hydroxylation sites is 2. The van der Waals surface area contributed by atoms with Crippen LogP contribution in [0.25, 0.3) is 33.2 Å². The summed E-state index contributed by atoms with van der Waals surface area (Å²) < 4.78 is 7.35. The highest BCUT2D eigenvalue weighted by molar-refractivity contribution is 6.00. The number of nitrogens with zero attached hydrogens (tertiary/aromatic N) is 3. The van der Waals surface area contributed by atoms with Crippen molar-refractivity contribution in [1.29, 1.82) is 0 Å². The molecule has 1 N–H and O–H groups in total. The molecule has 0 radical (unpaired) electrons. The third-order valence-corrected chi connectivity index (χ3v) is 6.52. The second-order valence-corrected chi connectivity index (χ2v) is 9.32. The summed E-state index contributed by atoms with van der Waals surface area (Å²) in [6, 6.07) is 19.6. The number of rotatable bonds is 6. The standard InChI is InChI=1S/C30H30N4O2/c1-6-36-28-15-19(4)24(16-23(28)18(2)3)29-33-27-14-10-8-12-22(27)30(35)34(29)31-17-25-20(5)32-26-13-9-7-11-21(25)26/h7-18,32H,6H2,1-5H3. The first-order chi connectivity index (χ1) is 17.4. The molecule has 0 unspecified atom stereocenters. The van der Waals surface area contributed by atoms with Crippen molar-refractivity contribution in [3.8, 4) is 17.1 Å². The minimum atomic E-state index is -0.205. The molecule has 0 aliphatic heterocycles. The first-order valence-corrected chi connectivity index (χ1v) is 12.3. The van der Waals surface area contributed by atoms with Gasteiger partial charge in [0.15, 0.2) is 5.82 Å². The molecule has 36 heavy (non-hydrogen) atoms. The van der Waals surface area contributed by atoms with Gasteiger partial charge in [-0.05, 0) is 68.1 Å². The van der Waals surface area contributed by atoms with E-state index in [-0.39, 0.29) is 11.5 Å². The van der Waals surface area contributed by atoms with Gasteiger partial charge in [0.05, 0.1) is 23.7 Å². The van der Waals surface area contributed by atoms with Crippen molar-refractivity contribution in [1.82, 2.24) is 14.6 Å². The number of aromatic amines is 1. The first-order valence-electron chi connectivity index (χ1n) is 12.3. The molecule has 5 aromatic rings. The number of aryl methyl sites for hydroxylation is 2. The molecule has 0 amide bonds. The van der Waals surface area contributed by atoms with Gasteiger partial charge in [0.25, 0.3) is 5.56 Å². The average molecular weight is 479 g/mol. The summed E-state index contributed by atoms with van der Waals surface area (Å²) in [6.45, 7) is 10.9. The number of aromatic nitrogens is 3. The Kier molecular flexibility index (Phi) is 6.18. The summed E-state index contributed by atoms with van der Waals surface area (Å²) >= 11 is 0. The van der Waals surface area contributed by atoms with Crippen LogP contribution in [0.3, 0.4) is 0 Å². The number of hydrogen-bond acceptors (Lipinski definition) is 4. The Morgan fingerprint density at radius 2 is 1.78 bits per heavy atom. The third-order valence-electron chi connectivity index (χ3n) is 6.52. The summed E-state index contributed by atoms with van der Waals surface area (Å²) in [4.78, 5) is 22.0. The Morgan fingerprint density at radius 3 is 2.53 bits per heavy atom. The van der Waals surface area contributed by atoms with Crippen molar-refractivity contribution >= 4 is 28.0 Å². The van der Waals surface area contributed by atoms with Crippen LogP contribution in [0.1, 0.15) is 49.1 Å². The number of H-pyrrole nitrogens is 1. The molecule has 0 saturated carbocycles. The van der Waals surface area contributed by atoms with E-state index in [1.54, 1.807) is 12.3 Å². The van der Waals surface area contributed by atoms with E-state index in [1.165, 1.54) is 4.68 Å². The Labute approximate surface area is 210 Å². The van der Waals surface area contributed by atoms with Gasteiger partial charge in [-0.25, -0.2) is 4.98 Å². The van der Waals surface area contributed by atoms with E-state index in [4.69, 9.17) is 14.8 Å².